The van der Waals surface area contributed by atoms with E-state index in [-0.39, 0.29) is 5.56 Å². The zero-order valence-corrected chi connectivity index (χ0v) is 10.5. The summed E-state index contributed by atoms with van der Waals surface area (Å²) < 4.78 is 13.2. The van der Waals surface area contributed by atoms with Gasteiger partial charge in [0.15, 0.2) is 0 Å². The van der Waals surface area contributed by atoms with Crippen molar-refractivity contribution in [2.24, 2.45) is 0 Å². The largest absolute Gasteiger partial charge is 0.478 e. The van der Waals surface area contributed by atoms with Gasteiger partial charge in [0.25, 0.3) is 0 Å². The van der Waals surface area contributed by atoms with E-state index in [1.54, 1.807) is 6.07 Å². The fourth-order valence-electron chi connectivity index (χ4n) is 2.14. The minimum absolute atomic E-state index is 0.0676. The molecule has 1 aromatic rings. The zero-order chi connectivity index (χ0) is 13.1. The minimum atomic E-state index is -1.06. The van der Waals surface area contributed by atoms with Crippen molar-refractivity contribution < 1.29 is 14.3 Å². The number of nitrogens with zero attached hydrogens (tertiary/aromatic N) is 1. The Hall–Kier alpha value is -1.58. The molecular weight excluding hydrogens is 233 g/mol. The van der Waals surface area contributed by atoms with Crippen LogP contribution >= 0.6 is 0 Å². The summed E-state index contributed by atoms with van der Waals surface area (Å²) in [6.07, 6.45) is 4.28. The number of carboxylic acids is 1. The van der Waals surface area contributed by atoms with Crippen LogP contribution in [0.2, 0.25) is 0 Å². The Morgan fingerprint density at radius 2 is 2.22 bits per heavy atom. The summed E-state index contributed by atoms with van der Waals surface area (Å²) in [6, 6.07) is 4.47. The van der Waals surface area contributed by atoms with Crippen molar-refractivity contribution in [1.29, 1.82) is 0 Å². The number of hydrogen-bond acceptors (Lipinski definition) is 2. The van der Waals surface area contributed by atoms with Gasteiger partial charge in [0.05, 0.1) is 11.3 Å². The van der Waals surface area contributed by atoms with Crippen molar-refractivity contribution in [3.8, 4) is 0 Å². The quantitative estimate of drug-likeness (QED) is 0.843. The molecule has 0 aromatic heterocycles. The molecule has 1 aliphatic rings. The highest BCUT2D eigenvalue weighted by molar-refractivity contribution is 5.94. The zero-order valence-electron chi connectivity index (χ0n) is 10.5. The lowest BCUT2D eigenvalue weighted by Gasteiger charge is -2.26. The van der Waals surface area contributed by atoms with Crippen LogP contribution in [0, 0.1) is 5.82 Å². The van der Waals surface area contributed by atoms with Gasteiger partial charge in [0, 0.05) is 12.6 Å². The van der Waals surface area contributed by atoms with E-state index in [1.165, 1.54) is 6.07 Å². The van der Waals surface area contributed by atoms with E-state index < -0.39 is 11.8 Å². The van der Waals surface area contributed by atoms with E-state index in [2.05, 4.69) is 11.8 Å². The van der Waals surface area contributed by atoms with E-state index in [9.17, 15) is 14.3 Å². The van der Waals surface area contributed by atoms with Crippen molar-refractivity contribution in [3.05, 3.63) is 29.6 Å². The maximum Gasteiger partial charge on any atom is 0.337 e. The van der Waals surface area contributed by atoms with Crippen molar-refractivity contribution >= 4 is 11.7 Å². The summed E-state index contributed by atoms with van der Waals surface area (Å²) >= 11 is 0. The van der Waals surface area contributed by atoms with Gasteiger partial charge in [-0.25, -0.2) is 9.18 Å². The first-order chi connectivity index (χ1) is 8.63. The predicted molar refractivity (Wildman–Crippen MR) is 68.6 cm³/mol. The van der Waals surface area contributed by atoms with Crippen molar-refractivity contribution in [2.45, 2.75) is 38.6 Å². The van der Waals surface area contributed by atoms with Gasteiger partial charge in [-0.2, -0.15) is 0 Å². The first-order valence-electron chi connectivity index (χ1n) is 6.43. The number of unbranched alkanes of at least 4 members (excludes halogenated alkanes) is 1. The summed E-state index contributed by atoms with van der Waals surface area (Å²) in [5.41, 5.74) is 0.720. The lowest BCUT2D eigenvalue weighted by molar-refractivity contribution is 0.0697. The Kier molecular flexibility index (Phi) is 3.84. The van der Waals surface area contributed by atoms with Crippen LogP contribution in [0.15, 0.2) is 18.2 Å². The molecule has 18 heavy (non-hydrogen) atoms. The topological polar surface area (TPSA) is 40.5 Å². The van der Waals surface area contributed by atoms with E-state index in [0.29, 0.717) is 11.7 Å². The maximum atomic E-state index is 13.2. The molecule has 0 atom stereocenters. The molecule has 1 fully saturated rings. The molecule has 0 radical (unpaired) electrons. The van der Waals surface area contributed by atoms with Crippen molar-refractivity contribution in [3.63, 3.8) is 0 Å². The average Bonchev–Trinajstić information content (AvgIpc) is 3.15. The highest BCUT2D eigenvalue weighted by Gasteiger charge is 2.31. The molecule has 0 heterocycles. The second-order valence-electron chi connectivity index (χ2n) is 4.74. The third kappa shape index (κ3) is 2.81. The van der Waals surface area contributed by atoms with Crippen LogP contribution < -0.4 is 4.90 Å². The fourth-order valence-corrected chi connectivity index (χ4v) is 2.14. The standard InChI is InChI=1S/C14H18FNO2/c1-2-3-8-16(11-5-6-11)13-7-4-10(15)9-12(13)14(17)18/h4,7,9,11H,2-3,5-6,8H2,1H3,(H,17,18). The van der Waals surface area contributed by atoms with Crippen LogP contribution in [0.1, 0.15) is 43.0 Å². The number of anilines is 1. The van der Waals surface area contributed by atoms with Gasteiger partial charge in [-0.3, -0.25) is 0 Å². The summed E-state index contributed by atoms with van der Waals surface area (Å²) in [5, 5.41) is 9.17. The monoisotopic (exact) mass is 251 g/mol. The molecule has 1 aliphatic carbocycles. The smallest absolute Gasteiger partial charge is 0.337 e. The van der Waals surface area contributed by atoms with Crippen LogP contribution in [-0.2, 0) is 0 Å². The SMILES string of the molecule is CCCCN(c1ccc(F)cc1C(=O)O)C1CC1. The van der Waals surface area contributed by atoms with E-state index in [4.69, 9.17) is 0 Å². The Bertz CT molecular complexity index is 443. The molecule has 2 rings (SSSR count). The summed E-state index contributed by atoms with van der Waals surface area (Å²) in [4.78, 5) is 13.3. The number of hydrogen-bond donors (Lipinski definition) is 1. The molecule has 1 aromatic carbocycles. The molecule has 1 N–H and O–H groups in total. The molecule has 0 aliphatic heterocycles. The van der Waals surface area contributed by atoms with Crippen LogP contribution in [0.5, 0.6) is 0 Å². The number of halogens is 1. The second kappa shape index (κ2) is 5.38. The number of carbonyl (C=O) groups is 1. The van der Waals surface area contributed by atoms with E-state index in [1.807, 2.05) is 0 Å². The Balaban J connectivity index is 2.30. The van der Waals surface area contributed by atoms with Crippen LogP contribution in [0.3, 0.4) is 0 Å². The average molecular weight is 251 g/mol. The first-order valence-corrected chi connectivity index (χ1v) is 6.43. The molecule has 4 heteroatoms. The minimum Gasteiger partial charge on any atom is -0.478 e. The number of carboxylic acid groups (broad SMARTS) is 1. The highest BCUT2D eigenvalue weighted by atomic mass is 19.1. The Morgan fingerprint density at radius 1 is 1.50 bits per heavy atom. The van der Waals surface area contributed by atoms with E-state index >= 15 is 0 Å². The molecule has 0 bridgehead atoms. The first kappa shape index (κ1) is 12.9. The molecular formula is C14H18FNO2. The maximum absolute atomic E-state index is 13.2. The molecule has 0 spiro atoms. The third-order valence-electron chi connectivity index (χ3n) is 3.24. The van der Waals surface area contributed by atoms with Crippen LogP contribution in [0.4, 0.5) is 10.1 Å². The van der Waals surface area contributed by atoms with Gasteiger partial charge in [0.1, 0.15) is 5.82 Å². The molecule has 0 unspecified atom stereocenters. The summed E-state index contributed by atoms with van der Waals surface area (Å²) in [5.74, 6) is -1.56. The molecule has 1 saturated carbocycles. The third-order valence-corrected chi connectivity index (χ3v) is 3.24. The predicted octanol–water partition coefficient (Wildman–Crippen LogP) is 3.29. The number of aromatic carboxylic acids is 1. The Labute approximate surface area is 106 Å². The molecule has 0 amide bonds. The van der Waals surface area contributed by atoms with Gasteiger partial charge in [-0.1, -0.05) is 13.3 Å². The summed E-state index contributed by atoms with van der Waals surface area (Å²) in [6.45, 7) is 2.95. The molecule has 98 valence electrons. The normalized spacial score (nSPS) is 14.6. The van der Waals surface area contributed by atoms with Gasteiger partial charge in [0.2, 0.25) is 0 Å². The highest BCUT2D eigenvalue weighted by Crippen LogP contribution is 2.34. The van der Waals surface area contributed by atoms with Crippen LogP contribution in [-0.4, -0.2) is 23.7 Å². The lowest BCUT2D eigenvalue weighted by Crippen LogP contribution is -2.28. The van der Waals surface area contributed by atoms with Crippen LogP contribution in [0.25, 0.3) is 0 Å². The lowest BCUT2D eigenvalue weighted by atomic mass is 10.1. The van der Waals surface area contributed by atoms with Gasteiger partial charge in [-0.05, 0) is 37.5 Å². The fraction of sp³-hybridized carbons (Fsp3) is 0.500. The Morgan fingerprint density at radius 3 is 2.78 bits per heavy atom. The molecule has 3 nitrogen and oxygen atoms in total. The summed E-state index contributed by atoms with van der Waals surface area (Å²) in [7, 11) is 0. The van der Waals surface area contributed by atoms with Crippen molar-refractivity contribution in [2.75, 3.05) is 11.4 Å². The number of rotatable bonds is 6. The van der Waals surface area contributed by atoms with Gasteiger partial charge in [-0.15, -0.1) is 0 Å². The number of benzene rings is 1. The molecule has 0 saturated heterocycles. The van der Waals surface area contributed by atoms with Gasteiger partial charge >= 0.3 is 5.97 Å². The van der Waals surface area contributed by atoms with E-state index in [0.717, 1.165) is 38.3 Å². The second-order valence-corrected chi connectivity index (χ2v) is 4.74. The van der Waals surface area contributed by atoms with Crippen molar-refractivity contribution in [1.82, 2.24) is 0 Å². The van der Waals surface area contributed by atoms with Gasteiger partial charge < -0.3 is 10.0 Å².